The highest BCUT2D eigenvalue weighted by atomic mass is 32.2. The Morgan fingerprint density at radius 3 is 2.25 bits per heavy atom. The molecule has 6 amide bonds. The van der Waals surface area contributed by atoms with Crippen LogP contribution in [0.15, 0.2) is 65.7 Å². The van der Waals surface area contributed by atoms with Crippen molar-refractivity contribution in [3.63, 3.8) is 0 Å². The van der Waals surface area contributed by atoms with Crippen molar-refractivity contribution < 1.29 is 51.8 Å². The van der Waals surface area contributed by atoms with Crippen LogP contribution in [-0.2, 0) is 50.8 Å². The van der Waals surface area contributed by atoms with Crippen molar-refractivity contribution in [2.75, 3.05) is 18.8 Å². The number of sulfone groups is 1. The summed E-state index contributed by atoms with van der Waals surface area (Å²) in [4.78, 5) is 92.9. The van der Waals surface area contributed by atoms with Gasteiger partial charge in [0.05, 0.1) is 28.9 Å². The lowest BCUT2D eigenvalue weighted by Crippen LogP contribution is -2.56. The van der Waals surface area contributed by atoms with Crippen LogP contribution in [0.25, 0.3) is 0 Å². The van der Waals surface area contributed by atoms with Crippen molar-refractivity contribution in [2.45, 2.75) is 119 Å². The standard InChI is InChI=1S/C43H57N9O11S/c1-43(2,60)35-23-47-50-52(35)30-22-34(40(57)48-32(37(54)38(45)55)15-9-10-20-46-42(59)63-25-28-13-7-4-8-14-28)51(24-30)41(58)33(21-27-11-5-3-6-12-27)49-39(56)29-16-18-31(19-17-29)64(61,62)26-36(44)53/h4,7-8,13-14,16-19,23,27,30,32-34,60H,3,5-6,9-12,15,20-22,24-26H2,1-2H3,(H2,44,53)(H2,45,55)(H,46,59)(H,48,57)(H,49,56)/t30-,32?,33+,34-/m0/s1. The van der Waals surface area contributed by atoms with Gasteiger partial charge in [0.25, 0.3) is 11.8 Å². The number of carbonyl (C=O) groups excluding carboxylic acids is 7. The van der Waals surface area contributed by atoms with E-state index in [1.54, 1.807) is 0 Å². The van der Waals surface area contributed by atoms with Gasteiger partial charge >= 0.3 is 6.09 Å². The number of hydrogen-bond acceptors (Lipinski definition) is 13. The lowest BCUT2D eigenvalue weighted by molar-refractivity contribution is -0.142. The molecular weight excluding hydrogens is 851 g/mol. The van der Waals surface area contributed by atoms with Crippen LogP contribution in [0.2, 0.25) is 0 Å². The highest BCUT2D eigenvalue weighted by molar-refractivity contribution is 7.92. The zero-order valence-electron chi connectivity index (χ0n) is 35.9. The van der Waals surface area contributed by atoms with Crippen LogP contribution in [-0.4, -0.2) is 112 Å². The van der Waals surface area contributed by atoms with Crippen LogP contribution in [0.1, 0.15) is 106 Å². The van der Waals surface area contributed by atoms with Crippen molar-refractivity contribution in [2.24, 2.45) is 17.4 Å². The van der Waals surface area contributed by atoms with Gasteiger partial charge < -0.3 is 42.2 Å². The minimum absolute atomic E-state index is 0.0255. The summed E-state index contributed by atoms with van der Waals surface area (Å²) in [5, 5.41) is 27.1. The lowest BCUT2D eigenvalue weighted by Gasteiger charge is -2.32. The molecule has 1 aliphatic heterocycles. The average Bonchev–Trinajstić information content (AvgIpc) is 3.94. The first kappa shape index (κ1) is 48.8. The van der Waals surface area contributed by atoms with Gasteiger partial charge in [-0.2, -0.15) is 0 Å². The molecule has 20 nitrogen and oxygen atoms in total. The normalized spacial score (nSPS) is 17.8. The summed E-state index contributed by atoms with van der Waals surface area (Å²) in [6.07, 6.45) is 5.93. The summed E-state index contributed by atoms with van der Waals surface area (Å²) in [6.45, 7) is 3.18. The summed E-state index contributed by atoms with van der Waals surface area (Å²) < 4.78 is 31.8. The number of Topliss-reactive ketones (excluding diaryl/α,β-unsaturated/α-hetero) is 1. The monoisotopic (exact) mass is 907 g/mol. The van der Waals surface area contributed by atoms with Crippen molar-refractivity contribution in [1.82, 2.24) is 35.8 Å². The van der Waals surface area contributed by atoms with Crippen LogP contribution < -0.4 is 27.4 Å². The molecule has 0 spiro atoms. The molecule has 0 bridgehead atoms. The number of rotatable bonds is 21. The maximum absolute atomic E-state index is 14.9. The number of nitrogens with one attached hydrogen (secondary N) is 3. The Labute approximate surface area is 371 Å². The van der Waals surface area contributed by atoms with Crippen molar-refractivity contribution in [3.05, 3.63) is 77.6 Å². The highest BCUT2D eigenvalue weighted by Crippen LogP contribution is 2.34. The van der Waals surface area contributed by atoms with Gasteiger partial charge in [0.1, 0.15) is 30.0 Å². The SMILES string of the molecule is CC(C)(O)c1cnnn1[C@H]1C[C@@H](C(=O)NC(CCCCNC(=O)OCc2ccccc2)C(=O)C(N)=O)N(C(=O)[C@@H](CC2CCCCC2)NC(=O)c2ccc(S(=O)(=O)CC(N)=O)cc2)C1. The fraction of sp³-hybridized carbons (Fsp3) is 0.512. The number of amides is 6. The van der Waals surface area contributed by atoms with E-state index in [1.807, 2.05) is 30.3 Å². The number of alkyl carbamates (subject to hydrolysis) is 1. The number of nitrogens with two attached hydrogens (primary N) is 2. The molecule has 2 fully saturated rings. The highest BCUT2D eigenvalue weighted by Gasteiger charge is 2.45. The molecule has 4 atom stereocenters. The molecule has 8 N–H and O–H groups in total. The van der Waals surface area contributed by atoms with Crippen LogP contribution in [0.5, 0.6) is 0 Å². The molecule has 3 aromatic rings. The first-order chi connectivity index (χ1) is 30.3. The van der Waals surface area contributed by atoms with Gasteiger partial charge in [-0.25, -0.2) is 17.9 Å². The zero-order chi connectivity index (χ0) is 46.6. The Bertz CT molecular complexity index is 2260. The third-order valence-corrected chi connectivity index (χ3v) is 13.0. The van der Waals surface area contributed by atoms with E-state index in [-0.39, 0.29) is 61.8 Å². The quantitative estimate of drug-likeness (QED) is 0.0650. The maximum Gasteiger partial charge on any atom is 0.407 e. The Hall–Kier alpha value is -6.22. The maximum atomic E-state index is 14.9. The molecule has 1 saturated carbocycles. The molecule has 2 aromatic carbocycles. The number of benzene rings is 2. The predicted molar refractivity (Wildman–Crippen MR) is 229 cm³/mol. The summed E-state index contributed by atoms with van der Waals surface area (Å²) in [7, 11) is -4.06. The Morgan fingerprint density at radius 2 is 1.61 bits per heavy atom. The molecule has 1 aliphatic carbocycles. The smallest absolute Gasteiger partial charge is 0.407 e. The van der Waals surface area contributed by atoms with Gasteiger partial charge in [0.2, 0.25) is 23.5 Å². The van der Waals surface area contributed by atoms with E-state index in [4.69, 9.17) is 16.2 Å². The van der Waals surface area contributed by atoms with Gasteiger partial charge in [0.15, 0.2) is 9.84 Å². The van der Waals surface area contributed by atoms with E-state index in [2.05, 4.69) is 26.3 Å². The summed E-state index contributed by atoms with van der Waals surface area (Å²) in [5.74, 6) is -6.35. The van der Waals surface area contributed by atoms with Gasteiger partial charge in [-0.15, -0.1) is 5.10 Å². The van der Waals surface area contributed by atoms with E-state index in [0.717, 1.165) is 49.8 Å². The van der Waals surface area contributed by atoms with Crippen LogP contribution in [0.4, 0.5) is 4.79 Å². The predicted octanol–water partition coefficient (Wildman–Crippen LogP) is 1.31. The largest absolute Gasteiger partial charge is 0.445 e. The number of likely N-dealkylation sites (tertiary alicyclic amines) is 1. The van der Waals surface area contributed by atoms with Gasteiger partial charge in [-0.3, -0.25) is 28.8 Å². The minimum Gasteiger partial charge on any atom is -0.445 e. The topological polar surface area (TPSA) is 305 Å². The molecule has 1 aromatic heterocycles. The Kier molecular flexibility index (Phi) is 16.7. The number of aromatic nitrogens is 3. The van der Waals surface area contributed by atoms with E-state index in [1.165, 1.54) is 41.8 Å². The third kappa shape index (κ3) is 13.4. The van der Waals surface area contributed by atoms with Gasteiger partial charge in [-0.1, -0.05) is 67.6 Å². The van der Waals surface area contributed by atoms with Crippen molar-refractivity contribution in [3.8, 4) is 0 Å². The van der Waals surface area contributed by atoms with Crippen molar-refractivity contribution in [1.29, 1.82) is 0 Å². The zero-order valence-corrected chi connectivity index (χ0v) is 36.8. The number of unbranched alkanes of at least 4 members (excludes halogenated alkanes) is 1. The molecular formula is C43H57N9O11S. The Balaban J connectivity index is 1.35. The average molecular weight is 908 g/mol. The molecule has 0 radical (unpaired) electrons. The second-order valence-corrected chi connectivity index (χ2v) is 18.8. The molecule has 2 aliphatic rings. The summed E-state index contributed by atoms with van der Waals surface area (Å²) in [5.41, 5.74) is 10.2. The second-order valence-electron chi connectivity index (χ2n) is 16.8. The number of ketones is 1. The number of ether oxygens (including phenoxy) is 1. The molecule has 64 heavy (non-hydrogen) atoms. The van der Waals surface area contributed by atoms with E-state index in [0.29, 0.717) is 12.1 Å². The lowest BCUT2D eigenvalue weighted by atomic mass is 9.84. The fourth-order valence-electron chi connectivity index (χ4n) is 8.08. The number of carbonyl (C=O) groups is 7. The summed E-state index contributed by atoms with van der Waals surface area (Å²) in [6, 6.07) is 9.42. The molecule has 1 unspecified atom stereocenters. The minimum atomic E-state index is -4.06. The first-order valence-electron chi connectivity index (χ1n) is 21.3. The molecule has 5 rings (SSSR count). The van der Waals surface area contributed by atoms with Crippen LogP contribution in [0.3, 0.4) is 0 Å². The Morgan fingerprint density at radius 1 is 0.922 bits per heavy atom. The number of hydrogen-bond donors (Lipinski definition) is 6. The first-order valence-corrected chi connectivity index (χ1v) is 22.9. The number of nitrogens with zero attached hydrogens (tertiary/aromatic N) is 4. The van der Waals surface area contributed by atoms with E-state index < -0.39 is 86.8 Å². The summed E-state index contributed by atoms with van der Waals surface area (Å²) >= 11 is 0. The molecule has 346 valence electrons. The molecule has 1 saturated heterocycles. The second kappa shape index (κ2) is 21.9. The van der Waals surface area contributed by atoms with Crippen molar-refractivity contribution >= 4 is 51.2 Å². The number of aliphatic hydroxyl groups is 1. The fourth-order valence-corrected chi connectivity index (χ4v) is 9.18. The number of primary amides is 2. The van der Waals surface area contributed by atoms with Crippen LogP contribution in [0, 0.1) is 5.92 Å². The van der Waals surface area contributed by atoms with Gasteiger partial charge in [-0.05, 0) is 75.3 Å². The third-order valence-electron chi connectivity index (χ3n) is 11.4. The van der Waals surface area contributed by atoms with E-state index in [9.17, 15) is 47.1 Å². The molecule has 21 heteroatoms. The van der Waals surface area contributed by atoms with Gasteiger partial charge in [0, 0.05) is 25.1 Å². The molecule has 2 heterocycles. The van der Waals surface area contributed by atoms with E-state index >= 15 is 0 Å². The van der Waals surface area contributed by atoms with Crippen LogP contribution >= 0.6 is 0 Å².